The number of methoxy groups -OCH3 is 1. The molecule has 222 valence electrons. The minimum atomic E-state index is -0.999. The lowest BCUT2D eigenvalue weighted by molar-refractivity contribution is -0.614. The second kappa shape index (κ2) is 12.3. The Labute approximate surface area is 250 Å². The minimum Gasteiger partial charge on any atom is -0.618 e. The van der Waals surface area contributed by atoms with Crippen LogP contribution in [0.1, 0.15) is 43.4 Å². The normalized spacial score (nSPS) is 16.7. The highest BCUT2D eigenvalue weighted by Crippen LogP contribution is 2.37. The van der Waals surface area contributed by atoms with Crippen molar-refractivity contribution in [1.82, 2.24) is 4.98 Å². The first-order valence-electron chi connectivity index (χ1n) is 13.4. The molecule has 2 bridgehead atoms. The number of rotatable bonds is 3. The number of pyridine rings is 2. The molecule has 4 aromatic rings. The van der Waals surface area contributed by atoms with E-state index in [-0.39, 0.29) is 27.8 Å². The van der Waals surface area contributed by atoms with Gasteiger partial charge in [0.05, 0.1) is 46.8 Å². The van der Waals surface area contributed by atoms with Crippen LogP contribution < -0.4 is 15.4 Å². The van der Waals surface area contributed by atoms with Crippen LogP contribution >= 0.6 is 11.6 Å². The van der Waals surface area contributed by atoms with E-state index in [0.29, 0.717) is 46.6 Å². The number of anilines is 2. The van der Waals surface area contributed by atoms with E-state index in [2.05, 4.69) is 20.4 Å². The van der Waals surface area contributed by atoms with E-state index in [9.17, 15) is 23.6 Å². The Morgan fingerprint density at radius 2 is 1.91 bits per heavy atom. The zero-order valence-corrected chi connectivity index (χ0v) is 23.8. The predicted molar refractivity (Wildman–Crippen MR) is 155 cm³/mol. The third kappa shape index (κ3) is 6.12. The van der Waals surface area contributed by atoms with Gasteiger partial charge in [-0.3, -0.25) is 15.1 Å². The fourth-order valence-electron chi connectivity index (χ4n) is 5.17. The van der Waals surface area contributed by atoms with E-state index in [1.807, 2.05) is 0 Å². The maximum absolute atomic E-state index is 15.4. The monoisotopic (exact) mass is 610 g/mol. The smallest absolute Gasteiger partial charge is 0.411 e. The summed E-state index contributed by atoms with van der Waals surface area (Å²) in [5.74, 6) is -4.03. The number of halogens is 4. The van der Waals surface area contributed by atoms with Crippen molar-refractivity contribution < 1.29 is 32.2 Å². The van der Waals surface area contributed by atoms with Crippen molar-refractivity contribution in [1.29, 1.82) is 0 Å². The Hall–Kier alpha value is -4.64. The van der Waals surface area contributed by atoms with E-state index in [1.165, 1.54) is 25.3 Å². The van der Waals surface area contributed by atoms with Crippen molar-refractivity contribution >= 4 is 35.0 Å². The highest BCUT2D eigenvalue weighted by atomic mass is 35.5. The molecule has 0 fully saturated rings. The third-order valence-electron chi connectivity index (χ3n) is 7.46. The highest BCUT2D eigenvalue weighted by molar-refractivity contribution is 6.31. The molecule has 3 heterocycles. The van der Waals surface area contributed by atoms with Crippen molar-refractivity contribution in [2.75, 3.05) is 17.7 Å². The molecule has 0 saturated carbocycles. The Morgan fingerprint density at radius 3 is 2.65 bits per heavy atom. The molecular weight excluding hydrogens is 585 g/mol. The first-order valence-corrected chi connectivity index (χ1v) is 13.8. The molecule has 2 aromatic carbocycles. The van der Waals surface area contributed by atoms with Crippen LogP contribution in [0.25, 0.3) is 22.4 Å². The van der Waals surface area contributed by atoms with E-state index in [1.54, 1.807) is 25.1 Å². The Morgan fingerprint density at radius 1 is 1.12 bits per heavy atom. The van der Waals surface area contributed by atoms with E-state index < -0.39 is 40.9 Å². The summed E-state index contributed by atoms with van der Waals surface area (Å²) in [6, 6.07) is 11.1. The summed E-state index contributed by atoms with van der Waals surface area (Å²) in [5.41, 5.74) is 1.31. The van der Waals surface area contributed by atoms with Crippen LogP contribution in [-0.4, -0.2) is 24.1 Å². The van der Waals surface area contributed by atoms with Gasteiger partial charge in [-0.2, -0.15) is 4.73 Å². The lowest BCUT2D eigenvalue weighted by Crippen LogP contribution is -2.34. The Bertz CT molecular complexity index is 1740. The molecule has 2 amide bonds. The van der Waals surface area contributed by atoms with Crippen molar-refractivity contribution in [3.8, 4) is 22.4 Å². The molecule has 0 aliphatic carbocycles. The largest absolute Gasteiger partial charge is 0.618 e. The minimum absolute atomic E-state index is 0.0316. The number of benzene rings is 2. The summed E-state index contributed by atoms with van der Waals surface area (Å²) in [5, 5.41) is 18.5. The molecule has 0 saturated heterocycles. The van der Waals surface area contributed by atoms with Gasteiger partial charge in [-0.25, -0.2) is 18.0 Å². The number of nitrogens with one attached hydrogen (secondary N) is 2. The maximum Gasteiger partial charge on any atom is 0.411 e. The average molecular weight is 611 g/mol. The number of amides is 2. The first-order chi connectivity index (χ1) is 20.6. The molecule has 0 radical (unpaired) electrons. The van der Waals surface area contributed by atoms with Gasteiger partial charge in [0.25, 0.3) is 0 Å². The number of aromatic nitrogens is 2. The predicted octanol–water partition coefficient (Wildman–Crippen LogP) is 7.19. The van der Waals surface area contributed by atoms with E-state index in [0.717, 1.165) is 24.5 Å². The quantitative estimate of drug-likeness (QED) is 0.145. The van der Waals surface area contributed by atoms with Crippen LogP contribution in [0.5, 0.6) is 0 Å². The Kier molecular flexibility index (Phi) is 8.54. The van der Waals surface area contributed by atoms with Gasteiger partial charge in [0.15, 0.2) is 17.7 Å². The van der Waals surface area contributed by atoms with Gasteiger partial charge in [-0.1, -0.05) is 24.9 Å². The number of nitrogens with zero attached hydrogens (tertiary/aromatic N) is 2. The molecule has 2 N–H and O–H groups in total. The van der Waals surface area contributed by atoms with Gasteiger partial charge in [-0.05, 0) is 55.3 Å². The summed E-state index contributed by atoms with van der Waals surface area (Å²) < 4.78 is 49.8. The van der Waals surface area contributed by atoms with Gasteiger partial charge in [0, 0.05) is 28.8 Å². The number of carbonyl (C=O) groups excluding carboxylic acids is 2. The van der Waals surface area contributed by atoms with Gasteiger partial charge < -0.3 is 15.3 Å². The molecule has 5 rings (SSSR count). The molecule has 0 unspecified atom stereocenters. The molecule has 2 atom stereocenters. The fraction of sp³-hybridized carbons (Fsp3) is 0.226. The summed E-state index contributed by atoms with van der Waals surface area (Å²) in [6.07, 6.45) is 2.55. The van der Waals surface area contributed by atoms with Crippen molar-refractivity contribution in [2.24, 2.45) is 5.92 Å². The average Bonchev–Trinajstić information content (AvgIpc) is 2.98. The second-order valence-corrected chi connectivity index (χ2v) is 10.6. The standard InChI is InChI=1S/C31H26ClF3N4O4/c1-16-4-3-5-19(27-11-6-17(15-39(27)42)28-23(33)10-9-22(32)29(28)35)21-13-25(36-14-24(21)34)20-8-7-18(37-31(41)43-2)12-26(20)38-30(16)40/h6-16,19H,3-5H2,1-2H3,(H,37,41)(H,38,40)/t16-,19+/m0/s1. The van der Waals surface area contributed by atoms with Gasteiger partial charge in [-0.15, -0.1) is 0 Å². The maximum atomic E-state index is 15.4. The van der Waals surface area contributed by atoms with Gasteiger partial charge >= 0.3 is 6.09 Å². The van der Waals surface area contributed by atoms with Crippen molar-refractivity contribution in [3.05, 3.63) is 99.9 Å². The Balaban J connectivity index is 1.62. The third-order valence-corrected chi connectivity index (χ3v) is 7.75. The van der Waals surface area contributed by atoms with Gasteiger partial charge in [0.1, 0.15) is 11.6 Å². The first kappa shape index (κ1) is 29.8. The van der Waals surface area contributed by atoms with Crippen molar-refractivity contribution in [2.45, 2.75) is 32.1 Å². The molecule has 2 aromatic heterocycles. The molecule has 1 aliphatic heterocycles. The topological polar surface area (TPSA) is 107 Å². The lowest BCUT2D eigenvalue weighted by atomic mass is 9.87. The summed E-state index contributed by atoms with van der Waals surface area (Å²) in [7, 11) is 1.22. The van der Waals surface area contributed by atoms with E-state index in [4.69, 9.17) is 11.6 Å². The van der Waals surface area contributed by atoms with Crippen LogP contribution in [-0.2, 0) is 9.53 Å². The number of hydrogen-bond acceptors (Lipinski definition) is 5. The molecule has 1 aliphatic rings. The number of carbonyl (C=O) groups is 2. The van der Waals surface area contributed by atoms with Crippen LogP contribution in [0, 0.1) is 28.6 Å². The summed E-state index contributed by atoms with van der Waals surface area (Å²) in [6.45, 7) is 1.75. The molecule has 12 heteroatoms. The van der Waals surface area contributed by atoms with Gasteiger partial charge in [0.2, 0.25) is 5.91 Å². The molecular formula is C31H26ClF3N4O4. The highest BCUT2D eigenvalue weighted by Gasteiger charge is 2.29. The lowest BCUT2D eigenvalue weighted by Gasteiger charge is -2.22. The summed E-state index contributed by atoms with van der Waals surface area (Å²) in [4.78, 5) is 29.1. The number of hydrogen-bond donors (Lipinski definition) is 2. The van der Waals surface area contributed by atoms with Crippen LogP contribution in [0.2, 0.25) is 5.02 Å². The van der Waals surface area contributed by atoms with E-state index >= 15 is 4.39 Å². The number of fused-ring (bicyclic) bond motifs is 4. The zero-order valence-electron chi connectivity index (χ0n) is 23.1. The second-order valence-electron chi connectivity index (χ2n) is 10.2. The molecule has 8 nitrogen and oxygen atoms in total. The van der Waals surface area contributed by atoms with Crippen molar-refractivity contribution in [3.63, 3.8) is 0 Å². The van der Waals surface area contributed by atoms with Crippen LogP contribution in [0.4, 0.5) is 29.3 Å². The SMILES string of the molecule is COC(=O)Nc1ccc2c(c1)NC(=O)[C@@H](C)CCC[C@@H](c1ccc(-c3c(F)ccc(Cl)c3F)c[n+]1[O-])c1cc-2ncc1F. The summed E-state index contributed by atoms with van der Waals surface area (Å²) >= 11 is 5.84. The zero-order chi connectivity index (χ0) is 30.8. The molecule has 43 heavy (non-hydrogen) atoms. The fourth-order valence-corrected chi connectivity index (χ4v) is 5.32. The number of ether oxygens (including phenoxy) is 1. The molecule has 0 spiro atoms. The van der Waals surface area contributed by atoms with Crippen LogP contribution in [0.15, 0.2) is 60.9 Å². The van der Waals surface area contributed by atoms with Crippen LogP contribution in [0.3, 0.4) is 0 Å².